The van der Waals surface area contributed by atoms with Gasteiger partial charge in [0.1, 0.15) is 0 Å². The second-order valence-corrected chi connectivity index (χ2v) is 9.63. The van der Waals surface area contributed by atoms with Crippen molar-refractivity contribution in [2.75, 3.05) is 57.8 Å². The molecule has 0 aliphatic carbocycles. The highest BCUT2D eigenvalue weighted by Gasteiger charge is 2.34. The fourth-order valence-electron chi connectivity index (χ4n) is 3.86. The minimum Gasteiger partial charge on any atom is -0.379 e. The smallest absolute Gasteiger partial charge is 0.321 e. The van der Waals surface area contributed by atoms with Gasteiger partial charge in [-0.05, 0) is 29.7 Å². The number of morpholine rings is 1. The first kappa shape index (κ1) is 21.8. The van der Waals surface area contributed by atoms with Crippen LogP contribution in [0, 0.1) is 0 Å². The summed E-state index contributed by atoms with van der Waals surface area (Å²) in [5, 5.41) is 2.95. The molecule has 2 aromatic carbocycles. The first-order valence-electron chi connectivity index (χ1n) is 10.5. The quantitative estimate of drug-likeness (QED) is 0.765. The Morgan fingerprint density at radius 3 is 2.19 bits per heavy atom. The van der Waals surface area contributed by atoms with Gasteiger partial charge in [0.2, 0.25) is 0 Å². The van der Waals surface area contributed by atoms with Crippen molar-refractivity contribution in [1.82, 2.24) is 13.5 Å². The van der Waals surface area contributed by atoms with Gasteiger partial charge >= 0.3 is 6.03 Å². The fourth-order valence-corrected chi connectivity index (χ4v) is 5.42. The SMILES string of the molecule is O=C(Nc1cccc(Cc2ccccc2)c1)N1CCN(S(=O)(=O)N2CCOCC2)CC1. The number of nitrogens with zero attached hydrogens (tertiary/aromatic N) is 3. The molecule has 0 atom stereocenters. The number of rotatable bonds is 5. The van der Waals surface area contributed by atoms with Gasteiger partial charge in [-0.15, -0.1) is 0 Å². The Morgan fingerprint density at radius 1 is 0.839 bits per heavy atom. The number of piperazine rings is 1. The van der Waals surface area contributed by atoms with Crippen LogP contribution in [0.3, 0.4) is 0 Å². The van der Waals surface area contributed by atoms with E-state index in [0.717, 1.165) is 17.7 Å². The van der Waals surface area contributed by atoms with Crippen molar-refractivity contribution < 1.29 is 17.9 Å². The molecule has 2 saturated heterocycles. The number of benzene rings is 2. The van der Waals surface area contributed by atoms with E-state index >= 15 is 0 Å². The molecule has 0 aromatic heterocycles. The normalized spacial score (nSPS) is 18.6. The van der Waals surface area contributed by atoms with Crippen molar-refractivity contribution in [3.8, 4) is 0 Å². The van der Waals surface area contributed by atoms with Gasteiger partial charge in [-0.25, -0.2) is 4.79 Å². The second-order valence-electron chi connectivity index (χ2n) is 7.70. The van der Waals surface area contributed by atoms with Gasteiger partial charge in [-0.2, -0.15) is 17.0 Å². The van der Waals surface area contributed by atoms with E-state index in [0.29, 0.717) is 52.5 Å². The zero-order valence-corrected chi connectivity index (χ0v) is 18.3. The molecule has 0 bridgehead atoms. The van der Waals surface area contributed by atoms with Crippen molar-refractivity contribution in [2.45, 2.75) is 6.42 Å². The Balaban J connectivity index is 1.31. The predicted octanol–water partition coefficient (Wildman–Crippen LogP) is 2.00. The van der Waals surface area contributed by atoms with Crippen LogP contribution in [0.4, 0.5) is 10.5 Å². The lowest BCUT2D eigenvalue weighted by molar-refractivity contribution is 0.0691. The van der Waals surface area contributed by atoms with E-state index in [1.54, 1.807) is 4.90 Å². The molecule has 2 aliphatic rings. The van der Waals surface area contributed by atoms with Crippen molar-refractivity contribution >= 4 is 21.9 Å². The molecular weight excluding hydrogens is 416 g/mol. The van der Waals surface area contributed by atoms with E-state index in [1.165, 1.54) is 14.2 Å². The number of carbonyl (C=O) groups excluding carboxylic acids is 1. The van der Waals surface area contributed by atoms with E-state index in [9.17, 15) is 13.2 Å². The van der Waals surface area contributed by atoms with Gasteiger partial charge in [0, 0.05) is 45.0 Å². The van der Waals surface area contributed by atoms with Crippen LogP contribution >= 0.6 is 0 Å². The Bertz CT molecular complexity index is 986. The third-order valence-corrected chi connectivity index (χ3v) is 7.61. The Labute approximate surface area is 183 Å². The average molecular weight is 445 g/mol. The number of ether oxygens (including phenoxy) is 1. The summed E-state index contributed by atoms with van der Waals surface area (Å²) in [5.41, 5.74) is 3.07. The van der Waals surface area contributed by atoms with E-state index in [-0.39, 0.29) is 6.03 Å². The summed E-state index contributed by atoms with van der Waals surface area (Å²) < 4.78 is 33.7. The Kier molecular flexibility index (Phi) is 6.86. The van der Waals surface area contributed by atoms with Crippen LogP contribution in [-0.4, -0.2) is 80.4 Å². The highest BCUT2D eigenvalue weighted by atomic mass is 32.2. The zero-order valence-electron chi connectivity index (χ0n) is 17.4. The minimum atomic E-state index is -3.50. The molecule has 1 N–H and O–H groups in total. The van der Waals surface area contributed by atoms with Gasteiger partial charge < -0.3 is 15.0 Å². The van der Waals surface area contributed by atoms with Gasteiger partial charge in [0.25, 0.3) is 10.2 Å². The molecule has 0 spiro atoms. The molecule has 0 saturated carbocycles. The average Bonchev–Trinajstić information content (AvgIpc) is 2.81. The standard InChI is InChI=1S/C22H28N4O4S/c27-22(23-21-8-4-7-20(18-21)17-19-5-2-1-3-6-19)24-9-11-25(12-10-24)31(28,29)26-13-15-30-16-14-26/h1-8,18H,9-17H2,(H,23,27). The summed E-state index contributed by atoms with van der Waals surface area (Å²) in [6.45, 7) is 2.90. The molecule has 2 heterocycles. The van der Waals surface area contributed by atoms with Crippen molar-refractivity contribution in [1.29, 1.82) is 0 Å². The molecule has 166 valence electrons. The van der Waals surface area contributed by atoms with Crippen LogP contribution in [0.1, 0.15) is 11.1 Å². The zero-order chi connectivity index (χ0) is 21.7. The molecule has 2 amide bonds. The number of hydrogen-bond donors (Lipinski definition) is 1. The first-order chi connectivity index (χ1) is 15.0. The Morgan fingerprint density at radius 2 is 1.48 bits per heavy atom. The Hall–Kier alpha value is -2.46. The lowest BCUT2D eigenvalue weighted by Gasteiger charge is -2.37. The number of hydrogen-bond acceptors (Lipinski definition) is 4. The molecule has 2 aromatic rings. The summed E-state index contributed by atoms with van der Waals surface area (Å²) in [4.78, 5) is 14.4. The van der Waals surface area contributed by atoms with Gasteiger partial charge in [0.15, 0.2) is 0 Å². The van der Waals surface area contributed by atoms with Crippen LogP contribution in [0.5, 0.6) is 0 Å². The van der Waals surface area contributed by atoms with Crippen LogP contribution in [0.15, 0.2) is 54.6 Å². The first-order valence-corrected chi connectivity index (χ1v) is 11.9. The summed E-state index contributed by atoms with van der Waals surface area (Å²) in [5.74, 6) is 0. The van der Waals surface area contributed by atoms with Gasteiger partial charge in [-0.3, -0.25) is 0 Å². The number of amides is 2. The molecular formula is C22H28N4O4S. The van der Waals surface area contributed by atoms with Crippen molar-refractivity contribution in [3.05, 3.63) is 65.7 Å². The van der Waals surface area contributed by atoms with Gasteiger partial charge in [-0.1, -0.05) is 42.5 Å². The monoisotopic (exact) mass is 444 g/mol. The molecule has 0 radical (unpaired) electrons. The third-order valence-electron chi connectivity index (χ3n) is 5.58. The van der Waals surface area contributed by atoms with E-state index in [1.807, 2.05) is 42.5 Å². The predicted molar refractivity (Wildman–Crippen MR) is 119 cm³/mol. The summed E-state index contributed by atoms with van der Waals surface area (Å²) in [7, 11) is -3.50. The van der Waals surface area contributed by atoms with Gasteiger partial charge in [0.05, 0.1) is 13.2 Å². The maximum absolute atomic E-state index is 12.8. The van der Waals surface area contributed by atoms with Crippen LogP contribution < -0.4 is 5.32 Å². The number of urea groups is 1. The van der Waals surface area contributed by atoms with E-state index < -0.39 is 10.2 Å². The highest BCUT2D eigenvalue weighted by molar-refractivity contribution is 7.86. The third kappa shape index (κ3) is 5.43. The highest BCUT2D eigenvalue weighted by Crippen LogP contribution is 2.17. The van der Waals surface area contributed by atoms with Crippen molar-refractivity contribution in [3.63, 3.8) is 0 Å². The van der Waals surface area contributed by atoms with E-state index in [4.69, 9.17) is 4.74 Å². The van der Waals surface area contributed by atoms with Crippen LogP contribution in [0.2, 0.25) is 0 Å². The summed E-state index contributed by atoms with van der Waals surface area (Å²) >= 11 is 0. The van der Waals surface area contributed by atoms with E-state index in [2.05, 4.69) is 17.4 Å². The van der Waals surface area contributed by atoms with Crippen LogP contribution in [-0.2, 0) is 21.4 Å². The number of anilines is 1. The second kappa shape index (κ2) is 9.78. The molecule has 2 aliphatic heterocycles. The molecule has 31 heavy (non-hydrogen) atoms. The molecule has 0 unspecified atom stereocenters. The lowest BCUT2D eigenvalue weighted by Crippen LogP contribution is -2.56. The largest absolute Gasteiger partial charge is 0.379 e. The topological polar surface area (TPSA) is 82.2 Å². The fraction of sp³-hybridized carbons (Fsp3) is 0.409. The molecule has 2 fully saturated rings. The number of carbonyl (C=O) groups is 1. The molecule has 8 nitrogen and oxygen atoms in total. The molecule has 9 heteroatoms. The minimum absolute atomic E-state index is 0.208. The maximum Gasteiger partial charge on any atom is 0.321 e. The number of nitrogens with one attached hydrogen (secondary N) is 1. The molecule has 4 rings (SSSR count). The van der Waals surface area contributed by atoms with Crippen LogP contribution in [0.25, 0.3) is 0 Å². The lowest BCUT2D eigenvalue weighted by atomic mass is 10.0. The summed E-state index contributed by atoms with van der Waals surface area (Å²) in [6, 6.07) is 17.8. The summed E-state index contributed by atoms with van der Waals surface area (Å²) in [6.07, 6.45) is 0.794. The maximum atomic E-state index is 12.8. The van der Waals surface area contributed by atoms with Crippen molar-refractivity contribution in [2.24, 2.45) is 0 Å².